The highest BCUT2D eigenvalue weighted by atomic mass is 79.9. The first-order valence-electron chi connectivity index (χ1n) is 6.67. The second-order valence-corrected chi connectivity index (χ2v) is 6.54. The van der Waals surface area contributed by atoms with E-state index in [2.05, 4.69) is 31.4 Å². The minimum atomic E-state index is 0.719. The average Bonchev–Trinajstić information content (AvgIpc) is 3.09. The van der Waals surface area contributed by atoms with Crippen molar-refractivity contribution in [1.82, 2.24) is 14.6 Å². The summed E-state index contributed by atoms with van der Waals surface area (Å²) in [5, 5.41) is 6.72. The SMILES string of the molecule is Nc1ccc(-c2csc3nc(-c4ccccc4Br)nn23)cc1. The quantitative estimate of drug-likeness (QED) is 0.529. The van der Waals surface area contributed by atoms with Crippen molar-refractivity contribution in [3.8, 4) is 22.6 Å². The Bertz CT molecular complexity index is 956. The second kappa shape index (κ2) is 5.23. The number of aromatic nitrogens is 3. The fourth-order valence-electron chi connectivity index (χ4n) is 2.29. The van der Waals surface area contributed by atoms with E-state index in [1.807, 2.05) is 53.0 Å². The standard InChI is InChI=1S/C16H11BrN4S/c17-13-4-2-1-3-12(13)15-19-16-21(20-15)14(9-22-16)10-5-7-11(18)8-6-10/h1-9H,18H2. The van der Waals surface area contributed by atoms with Crippen molar-refractivity contribution in [2.75, 3.05) is 5.73 Å². The second-order valence-electron chi connectivity index (χ2n) is 4.85. The molecule has 0 aliphatic heterocycles. The van der Waals surface area contributed by atoms with Crippen LogP contribution < -0.4 is 5.73 Å². The first-order chi connectivity index (χ1) is 10.7. The van der Waals surface area contributed by atoms with Crippen molar-refractivity contribution < 1.29 is 0 Å². The summed E-state index contributed by atoms with van der Waals surface area (Å²) in [7, 11) is 0. The Labute approximate surface area is 139 Å². The fourth-order valence-corrected chi connectivity index (χ4v) is 3.58. The van der Waals surface area contributed by atoms with Gasteiger partial charge in [0, 0.05) is 26.7 Å². The zero-order valence-corrected chi connectivity index (χ0v) is 13.8. The van der Waals surface area contributed by atoms with Crippen molar-refractivity contribution in [2.24, 2.45) is 0 Å². The number of rotatable bonds is 2. The zero-order valence-electron chi connectivity index (χ0n) is 11.4. The molecule has 4 rings (SSSR count). The normalized spacial score (nSPS) is 11.1. The predicted molar refractivity (Wildman–Crippen MR) is 93.8 cm³/mol. The molecular weight excluding hydrogens is 360 g/mol. The van der Waals surface area contributed by atoms with Crippen LogP contribution in [0.15, 0.2) is 58.4 Å². The first-order valence-corrected chi connectivity index (χ1v) is 8.35. The van der Waals surface area contributed by atoms with Gasteiger partial charge >= 0.3 is 0 Å². The maximum Gasteiger partial charge on any atom is 0.213 e. The Hall–Kier alpha value is -2.18. The van der Waals surface area contributed by atoms with E-state index >= 15 is 0 Å². The number of hydrogen-bond acceptors (Lipinski definition) is 4. The van der Waals surface area contributed by atoms with Gasteiger partial charge < -0.3 is 5.73 Å². The molecule has 0 amide bonds. The molecule has 4 aromatic rings. The van der Waals surface area contributed by atoms with Crippen LogP contribution >= 0.6 is 27.3 Å². The van der Waals surface area contributed by atoms with Crippen molar-refractivity contribution in [2.45, 2.75) is 0 Å². The summed E-state index contributed by atoms with van der Waals surface area (Å²) < 4.78 is 2.87. The summed E-state index contributed by atoms with van der Waals surface area (Å²) in [6.45, 7) is 0. The molecule has 0 radical (unpaired) electrons. The van der Waals surface area contributed by atoms with Gasteiger partial charge in [0.05, 0.1) is 5.69 Å². The highest BCUT2D eigenvalue weighted by Crippen LogP contribution is 2.30. The molecule has 0 fully saturated rings. The summed E-state index contributed by atoms with van der Waals surface area (Å²) in [4.78, 5) is 5.50. The van der Waals surface area contributed by atoms with E-state index in [4.69, 9.17) is 5.73 Å². The number of fused-ring (bicyclic) bond motifs is 1. The summed E-state index contributed by atoms with van der Waals surface area (Å²) in [5.74, 6) is 0.719. The molecule has 108 valence electrons. The molecule has 0 saturated heterocycles. The number of nitrogens with two attached hydrogens (primary N) is 1. The molecule has 2 N–H and O–H groups in total. The molecule has 2 heterocycles. The lowest BCUT2D eigenvalue weighted by molar-refractivity contribution is 0.989. The number of anilines is 1. The van der Waals surface area contributed by atoms with Gasteiger partial charge in [-0.1, -0.05) is 40.2 Å². The predicted octanol–water partition coefficient (Wildman–Crippen LogP) is 4.47. The maximum atomic E-state index is 5.75. The molecular formula is C16H11BrN4S. The smallest absolute Gasteiger partial charge is 0.213 e. The molecule has 2 aromatic carbocycles. The lowest BCUT2D eigenvalue weighted by atomic mass is 10.1. The van der Waals surface area contributed by atoms with Gasteiger partial charge in [-0.3, -0.25) is 0 Å². The van der Waals surface area contributed by atoms with Crippen LogP contribution in [0.4, 0.5) is 5.69 Å². The Balaban J connectivity index is 1.86. The zero-order chi connectivity index (χ0) is 15.1. The third kappa shape index (κ3) is 2.20. The van der Waals surface area contributed by atoms with Crippen molar-refractivity contribution in [1.29, 1.82) is 0 Å². The summed E-state index contributed by atoms with van der Waals surface area (Å²) in [6.07, 6.45) is 0. The molecule has 6 heteroatoms. The molecule has 0 aliphatic carbocycles. The van der Waals surface area contributed by atoms with E-state index in [0.717, 1.165) is 37.8 Å². The topological polar surface area (TPSA) is 56.2 Å². The van der Waals surface area contributed by atoms with Crippen LogP contribution in [0.5, 0.6) is 0 Å². The van der Waals surface area contributed by atoms with Gasteiger partial charge in [-0.05, 0) is 24.3 Å². The van der Waals surface area contributed by atoms with Gasteiger partial charge in [-0.15, -0.1) is 16.4 Å². The molecule has 0 unspecified atom stereocenters. The van der Waals surface area contributed by atoms with E-state index in [1.54, 1.807) is 11.3 Å². The minimum absolute atomic E-state index is 0.719. The lowest BCUT2D eigenvalue weighted by Crippen LogP contribution is -1.90. The van der Waals surface area contributed by atoms with E-state index in [1.165, 1.54) is 0 Å². The number of nitrogen functional groups attached to an aromatic ring is 1. The third-order valence-corrected chi connectivity index (χ3v) is 4.91. The van der Waals surface area contributed by atoms with Gasteiger partial charge in [-0.2, -0.15) is 4.98 Å². The Morgan fingerprint density at radius 2 is 1.82 bits per heavy atom. The Morgan fingerprint density at radius 1 is 1.05 bits per heavy atom. The number of nitrogens with zero attached hydrogens (tertiary/aromatic N) is 3. The van der Waals surface area contributed by atoms with E-state index in [9.17, 15) is 0 Å². The van der Waals surface area contributed by atoms with E-state index in [0.29, 0.717) is 0 Å². The molecule has 22 heavy (non-hydrogen) atoms. The number of halogens is 1. The Kier molecular flexibility index (Phi) is 3.20. The van der Waals surface area contributed by atoms with Crippen LogP contribution in [0.3, 0.4) is 0 Å². The number of hydrogen-bond donors (Lipinski definition) is 1. The van der Waals surface area contributed by atoms with Crippen LogP contribution in [0.1, 0.15) is 0 Å². The summed E-state index contributed by atoms with van der Waals surface area (Å²) in [6, 6.07) is 15.7. The van der Waals surface area contributed by atoms with E-state index < -0.39 is 0 Å². The van der Waals surface area contributed by atoms with Crippen LogP contribution in [-0.4, -0.2) is 14.6 Å². The summed E-state index contributed by atoms with van der Waals surface area (Å²) >= 11 is 5.13. The third-order valence-electron chi connectivity index (χ3n) is 3.40. The monoisotopic (exact) mass is 370 g/mol. The van der Waals surface area contributed by atoms with Crippen molar-refractivity contribution in [3.63, 3.8) is 0 Å². The Morgan fingerprint density at radius 3 is 2.59 bits per heavy atom. The van der Waals surface area contributed by atoms with Crippen LogP contribution in [0.25, 0.3) is 27.6 Å². The number of benzene rings is 2. The van der Waals surface area contributed by atoms with Gasteiger partial charge in [-0.25, -0.2) is 4.52 Å². The summed E-state index contributed by atoms with van der Waals surface area (Å²) in [5.41, 5.74) is 9.58. The fraction of sp³-hybridized carbons (Fsp3) is 0. The molecule has 0 spiro atoms. The molecule has 0 aliphatic rings. The molecule has 2 aromatic heterocycles. The highest BCUT2D eigenvalue weighted by Gasteiger charge is 2.14. The highest BCUT2D eigenvalue weighted by molar-refractivity contribution is 9.10. The van der Waals surface area contributed by atoms with Crippen LogP contribution in [-0.2, 0) is 0 Å². The first kappa shape index (κ1) is 13.5. The molecule has 0 atom stereocenters. The minimum Gasteiger partial charge on any atom is -0.399 e. The lowest BCUT2D eigenvalue weighted by Gasteiger charge is -2.00. The largest absolute Gasteiger partial charge is 0.399 e. The van der Waals surface area contributed by atoms with Crippen LogP contribution in [0, 0.1) is 0 Å². The molecule has 0 saturated carbocycles. The molecule has 4 nitrogen and oxygen atoms in total. The average molecular weight is 371 g/mol. The number of thiazole rings is 1. The molecule has 0 bridgehead atoms. The maximum absolute atomic E-state index is 5.75. The van der Waals surface area contributed by atoms with Crippen LogP contribution in [0.2, 0.25) is 0 Å². The van der Waals surface area contributed by atoms with Gasteiger partial charge in [0.2, 0.25) is 4.96 Å². The van der Waals surface area contributed by atoms with Gasteiger partial charge in [0.15, 0.2) is 5.82 Å². The van der Waals surface area contributed by atoms with Crippen molar-refractivity contribution in [3.05, 3.63) is 58.4 Å². The van der Waals surface area contributed by atoms with Gasteiger partial charge in [0.1, 0.15) is 0 Å². The van der Waals surface area contributed by atoms with E-state index in [-0.39, 0.29) is 0 Å². The van der Waals surface area contributed by atoms with Crippen molar-refractivity contribution >= 4 is 37.9 Å². The van der Waals surface area contributed by atoms with Gasteiger partial charge in [0.25, 0.3) is 0 Å².